The summed E-state index contributed by atoms with van der Waals surface area (Å²) in [5, 5.41) is 0. The molecule has 2 rings (SSSR count). The highest BCUT2D eigenvalue weighted by molar-refractivity contribution is 5.94. The van der Waals surface area contributed by atoms with E-state index < -0.39 is 17.5 Å². The topological polar surface area (TPSA) is 68.7 Å². The van der Waals surface area contributed by atoms with Crippen molar-refractivity contribution in [2.24, 2.45) is 0 Å². The van der Waals surface area contributed by atoms with Crippen molar-refractivity contribution in [1.29, 1.82) is 0 Å². The van der Waals surface area contributed by atoms with Gasteiger partial charge in [0.2, 0.25) is 0 Å². The number of esters is 2. The fraction of sp³-hybridized carbons (Fsp3) is 0.444. The average Bonchev–Trinajstić information content (AvgIpc) is 2.75. The molecule has 0 aliphatic rings. The second-order valence-electron chi connectivity index (χ2n) is 9.17. The molecule has 0 bridgehead atoms. The molecular formula is C27H36N2O4. The van der Waals surface area contributed by atoms with Gasteiger partial charge in [-0.05, 0) is 64.8 Å². The third kappa shape index (κ3) is 8.72. The van der Waals surface area contributed by atoms with Crippen LogP contribution in [0.5, 0.6) is 0 Å². The summed E-state index contributed by atoms with van der Waals surface area (Å²) < 4.78 is 10.8. The Labute approximate surface area is 197 Å². The summed E-state index contributed by atoms with van der Waals surface area (Å²) in [6.45, 7) is 12.6. The van der Waals surface area contributed by atoms with Gasteiger partial charge in [0.15, 0.2) is 5.69 Å². The Kier molecular flexibility index (Phi) is 9.64. The molecule has 0 aliphatic carbocycles. The molecule has 2 aromatic rings. The first kappa shape index (κ1) is 26.1. The maximum Gasteiger partial charge on any atom is 0.357 e. The van der Waals surface area contributed by atoms with Crippen molar-refractivity contribution < 1.29 is 19.1 Å². The van der Waals surface area contributed by atoms with E-state index in [1.807, 2.05) is 31.2 Å². The molecule has 0 fully saturated rings. The molecule has 6 nitrogen and oxygen atoms in total. The molecule has 0 saturated carbocycles. The Morgan fingerprint density at radius 2 is 1.79 bits per heavy atom. The quantitative estimate of drug-likeness (QED) is 0.257. The Bertz CT molecular complexity index is 946. The maximum atomic E-state index is 12.9. The molecule has 1 heterocycles. The predicted octanol–water partition coefficient (Wildman–Crippen LogP) is 5.81. The van der Waals surface area contributed by atoms with Gasteiger partial charge in [-0.3, -0.25) is 0 Å². The van der Waals surface area contributed by atoms with Gasteiger partial charge in [0.25, 0.3) is 0 Å². The van der Waals surface area contributed by atoms with Crippen molar-refractivity contribution in [3.8, 4) is 0 Å². The highest BCUT2D eigenvalue weighted by atomic mass is 16.6. The smallest absolute Gasteiger partial charge is 0.357 e. The number of rotatable bonds is 10. The second kappa shape index (κ2) is 12.2. The molecule has 0 unspecified atom stereocenters. The van der Waals surface area contributed by atoms with E-state index in [1.54, 1.807) is 32.9 Å². The van der Waals surface area contributed by atoms with Crippen molar-refractivity contribution >= 4 is 23.8 Å². The Morgan fingerprint density at radius 1 is 1.09 bits per heavy atom. The lowest BCUT2D eigenvalue weighted by Gasteiger charge is -2.28. The van der Waals surface area contributed by atoms with Crippen LogP contribution >= 0.6 is 0 Å². The molecule has 6 heteroatoms. The van der Waals surface area contributed by atoms with Crippen LogP contribution in [-0.2, 0) is 20.8 Å². The van der Waals surface area contributed by atoms with Crippen molar-refractivity contribution in [2.75, 3.05) is 11.5 Å². The van der Waals surface area contributed by atoms with E-state index in [-0.39, 0.29) is 11.7 Å². The summed E-state index contributed by atoms with van der Waals surface area (Å²) in [6, 6.07) is 13.9. The number of unbranched alkanes of at least 4 members (excludes halogenated alkanes) is 1. The lowest BCUT2D eigenvalue weighted by Crippen LogP contribution is -2.31. The van der Waals surface area contributed by atoms with E-state index in [9.17, 15) is 9.59 Å². The number of aromatic nitrogens is 1. The predicted molar refractivity (Wildman–Crippen MR) is 132 cm³/mol. The van der Waals surface area contributed by atoms with Gasteiger partial charge in [0, 0.05) is 24.2 Å². The molecule has 1 aromatic heterocycles. The largest absolute Gasteiger partial charge is 0.461 e. The maximum absolute atomic E-state index is 12.9. The minimum atomic E-state index is -0.597. The summed E-state index contributed by atoms with van der Waals surface area (Å²) in [4.78, 5) is 31.8. The van der Waals surface area contributed by atoms with Crippen LogP contribution in [0.1, 0.15) is 76.0 Å². The zero-order chi connectivity index (χ0) is 24.4. The van der Waals surface area contributed by atoms with Gasteiger partial charge in [-0.2, -0.15) is 0 Å². The number of anilines is 1. The molecule has 178 valence electrons. The molecule has 33 heavy (non-hydrogen) atoms. The fourth-order valence-corrected chi connectivity index (χ4v) is 3.10. The minimum Gasteiger partial charge on any atom is -0.461 e. The van der Waals surface area contributed by atoms with Gasteiger partial charge in [0.1, 0.15) is 11.4 Å². The Morgan fingerprint density at radius 3 is 2.39 bits per heavy atom. The standard InChI is InChI=1S/C27H36N2O4/c1-7-8-18-32-26(31)25-22(15-17-24(30)33-27(4,5)6)14-16-23(28-25)29(20(2)3)19-21-12-10-9-11-13-21/h9-17,20H,7-8,18-19H2,1-6H3/b17-15+. The third-order valence-electron chi connectivity index (χ3n) is 4.76. The van der Waals surface area contributed by atoms with Crippen molar-refractivity contribution in [2.45, 2.75) is 72.6 Å². The number of pyridine rings is 1. The van der Waals surface area contributed by atoms with E-state index in [2.05, 4.69) is 35.9 Å². The normalized spacial score (nSPS) is 11.6. The molecule has 0 spiro atoms. The molecule has 0 amide bonds. The summed E-state index contributed by atoms with van der Waals surface area (Å²) in [5.74, 6) is -0.312. The molecule has 0 aliphatic heterocycles. The lowest BCUT2D eigenvalue weighted by molar-refractivity contribution is -0.148. The summed E-state index contributed by atoms with van der Waals surface area (Å²) >= 11 is 0. The fourth-order valence-electron chi connectivity index (χ4n) is 3.10. The number of hydrogen-bond donors (Lipinski definition) is 0. The summed E-state index contributed by atoms with van der Waals surface area (Å²) in [6.07, 6.45) is 4.57. The third-order valence-corrected chi connectivity index (χ3v) is 4.76. The molecule has 0 radical (unpaired) electrons. The van der Waals surface area contributed by atoms with Gasteiger partial charge >= 0.3 is 11.9 Å². The van der Waals surface area contributed by atoms with Crippen LogP contribution in [0.2, 0.25) is 0 Å². The first-order valence-electron chi connectivity index (χ1n) is 11.5. The molecule has 1 aromatic carbocycles. The number of carbonyl (C=O) groups is 2. The second-order valence-corrected chi connectivity index (χ2v) is 9.17. The van der Waals surface area contributed by atoms with Crippen LogP contribution in [0.15, 0.2) is 48.5 Å². The van der Waals surface area contributed by atoms with Crippen molar-refractivity contribution in [3.05, 3.63) is 65.4 Å². The van der Waals surface area contributed by atoms with Crippen LogP contribution in [0.25, 0.3) is 6.08 Å². The Hall–Kier alpha value is -3.15. The summed E-state index contributed by atoms with van der Waals surface area (Å²) in [7, 11) is 0. The van der Waals surface area contributed by atoms with Crippen LogP contribution in [0, 0.1) is 0 Å². The zero-order valence-corrected chi connectivity index (χ0v) is 20.6. The van der Waals surface area contributed by atoms with E-state index in [0.717, 1.165) is 18.4 Å². The monoisotopic (exact) mass is 452 g/mol. The van der Waals surface area contributed by atoms with Crippen LogP contribution < -0.4 is 4.90 Å². The number of carbonyl (C=O) groups excluding carboxylic acids is 2. The lowest BCUT2D eigenvalue weighted by atomic mass is 10.1. The van der Waals surface area contributed by atoms with Crippen LogP contribution in [0.4, 0.5) is 5.82 Å². The number of benzene rings is 1. The van der Waals surface area contributed by atoms with E-state index in [4.69, 9.17) is 9.47 Å². The highest BCUT2D eigenvalue weighted by Gasteiger charge is 2.20. The number of hydrogen-bond acceptors (Lipinski definition) is 6. The van der Waals surface area contributed by atoms with E-state index >= 15 is 0 Å². The SMILES string of the molecule is CCCCOC(=O)c1nc(N(Cc2ccccc2)C(C)C)ccc1/C=C/C(=O)OC(C)(C)C. The Balaban J connectivity index is 2.38. The summed E-state index contributed by atoms with van der Waals surface area (Å²) in [5.41, 5.74) is 1.24. The average molecular weight is 453 g/mol. The van der Waals surface area contributed by atoms with E-state index in [1.165, 1.54) is 6.08 Å². The molecule has 0 N–H and O–H groups in total. The van der Waals surface area contributed by atoms with Gasteiger partial charge in [-0.25, -0.2) is 14.6 Å². The molecule has 0 saturated heterocycles. The van der Waals surface area contributed by atoms with Crippen molar-refractivity contribution in [3.63, 3.8) is 0 Å². The highest BCUT2D eigenvalue weighted by Crippen LogP contribution is 2.22. The van der Waals surface area contributed by atoms with Gasteiger partial charge < -0.3 is 14.4 Å². The first-order chi connectivity index (χ1) is 15.6. The first-order valence-corrected chi connectivity index (χ1v) is 11.5. The number of ether oxygens (including phenoxy) is 2. The molecular weight excluding hydrogens is 416 g/mol. The number of nitrogens with zero attached hydrogens (tertiary/aromatic N) is 2. The molecule has 0 atom stereocenters. The van der Waals surface area contributed by atoms with Gasteiger partial charge in [0.05, 0.1) is 6.61 Å². The van der Waals surface area contributed by atoms with Crippen LogP contribution in [0.3, 0.4) is 0 Å². The minimum absolute atomic E-state index is 0.157. The van der Waals surface area contributed by atoms with Gasteiger partial charge in [-0.1, -0.05) is 43.7 Å². The van der Waals surface area contributed by atoms with E-state index in [0.29, 0.717) is 24.5 Å². The zero-order valence-electron chi connectivity index (χ0n) is 20.6. The van der Waals surface area contributed by atoms with Gasteiger partial charge in [-0.15, -0.1) is 0 Å². The van der Waals surface area contributed by atoms with Crippen molar-refractivity contribution in [1.82, 2.24) is 4.98 Å². The van der Waals surface area contributed by atoms with Crippen LogP contribution in [-0.4, -0.2) is 35.2 Å².